The zero-order valence-corrected chi connectivity index (χ0v) is 18.5. The molecule has 1 atom stereocenters. The summed E-state index contributed by atoms with van der Waals surface area (Å²) >= 11 is 1.29. The number of thiophene rings is 1. The van der Waals surface area contributed by atoms with Crippen molar-refractivity contribution in [3.8, 4) is 0 Å². The number of likely N-dealkylation sites (N-methyl/N-ethyl adjacent to an activating group) is 1. The number of aryl methyl sites for hydroxylation is 1. The van der Waals surface area contributed by atoms with E-state index in [0.29, 0.717) is 30.3 Å². The number of anilines is 1. The number of hydrogen-bond acceptors (Lipinski definition) is 5. The lowest BCUT2D eigenvalue weighted by atomic mass is 9.98. The van der Waals surface area contributed by atoms with Crippen molar-refractivity contribution in [3.63, 3.8) is 0 Å². The zero-order chi connectivity index (χ0) is 20.6. The van der Waals surface area contributed by atoms with E-state index in [4.69, 9.17) is 0 Å². The van der Waals surface area contributed by atoms with Gasteiger partial charge in [-0.3, -0.25) is 4.79 Å². The maximum Gasteiger partial charge on any atom is 0.252 e. The molecule has 29 heavy (non-hydrogen) atoms. The summed E-state index contributed by atoms with van der Waals surface area (Å²) in [6.45, 7) is 4.65. The van der Waals surface area contributed by atoms with Crippen LogP contribution in [-0.4, -0.2) is 56.8 Å². The van der Waals surface area contributed by atoms with E-state index in [1.165, 1.54) is 15.6 Å². The highest BCUT2D eigenvalue weighted by atomic mass is 32.2. The summed E-state index contributed by atoms with van der Waals surface area (Å²) < 4.78 is 27.9. The molecular weight excluding hydrogens is 406 g/mol. The Morgan fingerprint density at radius 2 is 1.90 bits per heavy atom. The molecule has 0 aliphatic carbocycles. The largest absolute Gasteiger partial charge is 0.373 e. The van der Waals surface area contributed by atoms with E-state index in [2.05, 4.69) is 17.0 Å². The minimum atomic E-state index is -3.53. The van der Waals surface area contributed by atoms with Crippen LogP contribution in [0, 0.1) is 12.8 Å². The molecule has 2 aliphatic heterocycles. The summed E-state index contributed by atoms with van der Waals surface area (Å²) in [7, 11) is -1.48. The fourth-order valence-corrected chi connectivity index (χ4v) is 7.14. The number of amides is 1. The molecule has 1 saturated heterocycles. The lowest BCUT2D eigenvalue weighted by Crippen LogP contribution is -2.47. The number of benzene rings is 1. The Morgan fingerprint density at radius 3 is 2.66 bits per heavy atom. The maximum absolute atomic E-state index is 13.3. The van der Waals surface area contributed by atoms with Crippen molar-refractivity contribution in [2.75, 3.05) is 38.1 Å². The minimum absolute atomic E-state index is 0.0670. The molecule has 1 amide bonds. The predicted octanol–water partition coefficient (Wildman–Crippen LogP) is 2.94. The Morgan fingerprint density at radius 1 is 1.10 bits per heavy atom. The van der Waals surface area contributed by atoms with Crippen LogP contribution < -0.4 is 4.90 Å². The van der Waals surface area contributed by atoms with Gasteiger partial charge >= 0.3 is 0 Å². The molecule has 0 saturated carbocycles. The fourth-order valence-electron chi connectivity index (χ4n) is 4.18. The number of rotatable bonds is 3. The van der Waals surface area contributed by atoms with Gasteiger partial charge in [0.05, 0.1) is 5.92 Å². The molecule has 0 radical (unpaired) electrons. The molecule has 156 valence electrons. The molecule has 8 heteroatoms. The summed E-state index contributed by atoms with van der Waals surface area (Å²) in [6.07, 6.45) is 1.45. The number of fused-ring (bicyclic) bond motifs is 1. The third-order valence-electron chi connectivity index (χ3n) is 5.82. The first-order valence-electron chi connectivity index (χ1n) is 10.0. The third-order valence-corrected chi connectivity index (χ3v) is 9.16. The Kier molecular flexibility index (Phi) is 5.68. The number of nitrogens with zero attached hydrogens (tertiary/aromatic N) is 3. The maximum atomic E-state index is 13.3. The molecule has 1 aromatic heterocycles. The van der Waals surface area contributed by atoms with Gasteiger partial charge < -0.3 is 9.80 Å². The molecule has 0 spiro atoms. The van der Waals surface area contributed by atoms with Gasteiger partial charge in [-0.05, 0) is 43.5 Å². The molecule has 4 rings (SSSR count). The third kappa shape index (κ3) is 4.06. The van der Waals surface area contributed by atoms with Crippen molar-refractivity contribution < 1.29 is 13.2 Å². The number of para-hydroxylation sites is 1. The van der Waals surface area contributed by atoms with Crippen LogP contribution in [0.5, 0.6) is 0 Å². The van der Waals surface area contributed by atoms with Crippen LogP contribution in [0.1, 0.15) is 23.3 Å². The first-order valence-corrected chi connectivity index (χ1v) is 12.3. The molecule has 2 aromatic rings. The van der Waals surface area contributed by atoms with E-state index in [1.54, 1.807) is 6.07 Å². The zero-order valence-electron chi connectivity index (χ0n) is 16.9. The fraction of sp³-hybridized carbons (Fsp3) is 0.476. The molecule has 6 nitrogen and oxygen atoms in total. The van der Waals surface area contributed by atoms with Crippen molar-refractivity contribution >= 4 is 33.0 Å². The summed E-state index contributed by atoms with van der Waals surface area (Å²) in [6, 6.07) is 11.7. The van der Waals surface area contributed by atoms with Crippen LogP contribution in [0.25, 0.3) is 0 Å². The van der Waals surface area contributed by atoms with Crippen LogP contribution in [0.2, 0.25) is 0 Å². The highest BCUT2D eigenvalue weighted by Crippen LogP contribution is 2.30. The van der Waals surface area contributed by atoms with E-state index in [0.717, 1.165) is 29.1 Å². The number of piperidine rings is 1. The van der Waals surface area contributed by atoms with Crippen LogP contribution in [0.15, 0.2) is 40.6 Å². The van der Waals surface area contributed by atoms with Crippen LogP contribution in [-0.2, 0) is 21.4 Å². The molecule has 1 unspecified atom stereocenters. The average molecular weight is 434 g/mol. The summed E-state index contributed by atoms with van der Waals surface area (Å²) in [5, 5.41) is 0. The smallest absolute Gasteiger partial charge is 0.252 e. The molecule has 0 bridgehead atoms. The second kappa shape index (κ2) is 8.08. The van der Waals surface area contributed by atoms with Crippen molar-refractivity contribution in [2.45, 2.75) is 30.5 Å². The second-order valence-corrected chi connectivity index (χ2v) is 11.3. The first-order chi connectivity index (χ1) is 13.9. The highest BCUT2D eigenvalue weighted by Gasteiger charge is 2.36. The summed E-state index contributed by atoms with van der Waals surface area (Å²) in [5.41, 5.74) is 2.29. The number of carbonyl (C=O) groups is 1. The SMILES string of the molecule is Cc1ccc(S(=O)(=O)N2CCCC(C(=O)N3CCN(C)c4ccccc4C3)C2)s1. The second-order valence-electron chi connectivity index (χ2n) is 7.88. The number of sulfonamides is 1. The van der Waals surface area contributed by atoms with Gasteiger partial charge in [-0.15, -0.1) is 11.3 Å². The van der Waals surface area contributed by atoms with Crippen molar-refractivity contribution in [1.82, 2.24) is 9.21 Å². The number of hydrogen-bond donors (Lipinski definition) is 0. The van der Waals surface area contributed by atoms with Gasteiger partial charge in [-0.25, -0.2) is 8.42 Å². The van der Waals surface area contributed by atoms with Crippen LogP contribution in [0.4, 0.5) is 5.69 Å². The molecule has 0 N–H and O–H groups in total. The lowest BCUT2D eigenvalue weighted by molar-refractivity contribution is -0.137. The molecular formula is C21H27N3O3S2. The van der Waals surface area contributed by atoms with Crippen molar-refractivity contribution in [2.24, 2.45) is 5.92 Å². The Hall–Kier alpha value is -1.90. The highest BCUT2D eigenvalue weighted by molar-refractivity contribution is 7.91. The minimum Gasteiger partial charge on any atom is -0.373 e. The Labute approximate surface area is 176 Å². The standard InChI is InChI=1S/C21H27N3O3S2/c1-16-9-10-20(28-16)29(26,27)24-11-5-7-18(15-24)21(25)23-13-12-22(2)19-8-4-3-6-17(19)14-23/h3-4,6,8-10,18H,5,7,11-15H2,1-2H3. The summed E-state index contributed by atoms with van der Waals surface area (Å²) in [4.78, 5) is 18.4. The molecule has 1 aromatic carbocycles. The predicted molar refractivity (Wildman–Crippen MR) is 116 cm³/mol. The van der Waals surface area contributed by atoms with Crippen molar-refractivity contribution in [3.05, 3.63) is 46.8 Å². The van der Waals surface area contributed by atoms with Crippen LogP contribution >= 0.6 is 11.3 Å². The van der Waals surface area contributed by atoms with E-state index in [-0.39, 0.29) is 18.4 Å². The Bertz CT molecular complexity index is 1000. The monoisotopic (exact) mass is 433 g/mol. The van der Waals surface area contributed by atoms with E-state index >= 15 is 0 Å². The normalized spacial score (nSPS) is 21.0. The van der Waals surface area contributed by atoms with Gasteiger partial charge in [0.15, 0.2) is 0 Å². The van der Waals surface area contributed by atoms with E-state index in [9.17, 15) is 13.2 Å². The van der Waals surface area contributed by atoms with Gasteiger partial charge in [0.1, 0.15) is 4.21 Å². The van der Waals surface area contributed by atoms with Gasteiger partial charge in [0, 0.05) is 50.3 Å². The Balaban J connectivity index is 1.51. The van der Waals surface area contributed by atoms with Gasteiger partial charge in [0.2, 0.25) is 5.91 Å². The molecule has 2 aliphatic rings. The summed E-state index contributed by atoms with van der Waals surface area (Å²) in [5.74, 6) is -0.215. The van der Waals surface area contributed by atoms with Gasteiger partial charge in [-0.2, -0.15) is 4.31 Å². The first kappa shape index (κ1) is 20.4. The van der Waals surface area contributed by atoms with E-state index < -0.39 is 10.0 Å². The quantitative estimate of drug-likeness (QED) is 0.747. The number of carbonyl (C=O) groups excluding carboxylic acids is 1. The van der Waals surface area contributed by atoms with Crippen LogP contribution in [0.3, 0.4) is 0 Å². The topological polar surface area (TPSA) is 60.9 Å². The molecule has 1 fully saturated rings. The van der Waals surface area contributed by atoms with E-state index in [1.807, 2.05) is 37.1 Å². The average Bonchev–Trinajstić information content (AvgIpc) is 3.10. The van der Waals surface area contributed by atoms with Gasteiger partial charge in [-0.1, -0.05) is 18.2 Å². The van der Waals surface area contributed by atoms with Gasteiger partial charge in [0.25, 0.3) is 10.0 Å². The lowest BCUT2D eigenvalue weighted by Gasteiger charge is -2.33. The molecule has 3 heterocycles. The van der Waals surface area contributed by atoms with Crippen molar-refractivity contribution in [1.29, 1.82) is 0 Å².